The summed E-state index contributed by atoms with van der Waals surface area (Å²) in [6, 6.07) is 7.07. The molecular weight excluding hydrogens is 242 g/mol. The molecule has 0 saturated heterocycles. The first-order chi connectivity index (χ1) is 8.63. The topological polar surface area (TPSA) is 42.2 Å². The molecule has 0 aliphatic carbocycles. The van der Waals surface area contributed by atoms with Crippen molar-refractivity contribution in [2.24, 2.45) is 0 Å². The molecule has 18 heavy (non-hydrogen) atoms. The third-order valence-electron chi connectivity index (χ3n) is 3.48. The number of hydrogen-bond acceptors (Lipinski definition) is 4. The third kappa shape index (κ3) is 2.82. The monoisotopic (exact) mass is 263 g/mol. The first kappa shape index (κ1) is 13.3. The van der Waals surface area contributed by atoms with Crippen LogP contribution in [0, 0.1) is 0 Å². The van der Waals surface area contributed by atoms with E-state index in [0.717, 1.165) is 18.6 Å². The van der Waals surface area contributed by atoms with Gasteiger partial charge in [-0.3, -0.25) is 4.90 Å². The lowest BCUT2D eigenvalue weighted by Gasteiger charge is -2.26. The zero-order valence-corrected chi connectivity index (χ0v) is 12.1. The zero-order valence-electron chi connectivity index (χ0n) is 11.3. The lowest BCUT2D eigenvalue weighted by molar-refractivity contribution is 0.206. The minimum absolute atomic E-state index is 0.622. The number of hydrogen-bond donors (Lipinski definition) is 1. The Balaban J connectivity index is 2.20. The molecule has 2 rings (SSSR count). The minimum Gasteiger partial charge on any atom is -0.375 e. The fourth-order valence-electron chi connectivity index (χ4n) is 2.16. The number of aromatic nitrogens is 1. The molecule has 1 atom stereocenters. The van der Waals surface area contributed by atoms with Crippen LogP contribution in [0.15, 0.2) is 18.2 Å². The number of benzene rings is 1. The van der Waals surface area contributed by atoms with Gasteiger partial charge in [0.25, 0.3) is 0 Å². The van der Waals surface area contributed by atoms with Crippen molar-refractivity contribution in [3.05, 3.63) is 23.8 Å². The second-order valence-electron chi connectivity index (χ2n) is 4.67. The molecule has 3 nitrogen and oxygen atoms in total. The number of anilines is 1. The molecule has 1 unspecified atom stereocenters. The Morgan fingerprint density at radius 2 is 2.17 bits per heavy atom. The van der Waals surface area contributed by atoms with Gasteiger partial charge in [0.2, 0.25) is 0 Å². The van der Waals surface area contributed by atoms with Crippen LogP contribution in [0.4, 0.5) is 5.13 Å². The van der Waals surface area contributed by atoms with Crippen molar-refractivity contribution in [3.8, 4) is 0 Å². The molecule has 0 bridgehead atoms. The highest BCUT2D eigenvalue weighted by Gasteiger charge is 2.11. The summed E-state index contributed by atoms with van der Waals surface area (Å²) in [6.07, 6.45) is 1.18. The Hall–Kier alpha value is -1.13. The van der Waals surface area contributed by atoms with E-state index in [-0.39, 0.29) is 0 Å². The second kappa shape index (κ2) is 5.67. The first-order valence-electron chi connectivity index (χ1n) is 6.53. The van der Waals surface area contributed by atoms with Gasteiger partial charge in [-0.15, -0.1) is 0 Å². The predicted molar refractivity (Wildman–Crippen MR) is 79.9 cm³/mol. The van der Waals surface area contributed by atoms with E-state index in [4.69, 9.17) is 5.73 Å². The van der Waals surface area contributed by atoms with Gasteiger partial charge in [-0.05, 0) is 37.6 Å². The number of rotatable bonds is 5. The summed E-state index contributed by atoms with van der Waals surface area (Å²) in [5.41, 5.74) is 8.08. The third-order valence-corrected chi connectivity index (χ3v) is 4.32. The van der Waals surface area contributed by atoms with Gasteiger partial charge in [0.05, 0.1) is 10.2 Å². The fraction of sp³-hybridized carbons (Fsp3) is 0.500. The lowest BCUT2D eigenvalue weighted by Crippen LogP contribution is -2.31. The first-order valence-corrected chi connectivity index (χ1v) is 7.34. The fourth-order valence-corrected chi connectivity index (χ4v) is 2.96. The number of nitrogens with zero attached hydrogens (tertiary/aromatic N) is 2. The molecule has 1 heterocycles. The van der Waals surface area contributed by atoms with Crippen molar-refractivity contribution in [3.63, 3.8) is 0 Å². The molecule has 0 fully saturated rings. The van der Waals surface area contributed by atoms with Crippen molar-refractivity contribution in [1.82, 2.24) is 9.88 Å². The van der Waals surface area contributed by atoms with E-state index >= 15 is 0 Å². The summed E-state index contributed by atoms with van der Waals surface area (Å²) in [5, 5.41) is 0.649. The smallest absolute Gasteiger partial charge is 0.181 e. The van der Waals surface area contributed by atoms with Gasteiger partial charge in [-0.2, -0.15) is 0 Å². The van der Waals surface area contributed by atoms with Gasteiger partial charge in [-0.1, -0.05) is 31.3 Å². The van der Waals surface area contributed by atoms with Crippen LogP contribution >= 0.6 is 11.3 Å². The van der Waals surface area contributed by atoms with Crippen LogP contribution in [0.1, 0.15) is 32.8 Å². The summed E-state index contributed by atoms with van der Waals surface area (Å²) in [6.45, 7) is 8.82. The van der Waals surface area contributed by atoms with E-state index in [1.54, 1.807) is 11.3 Å². The maximum absolute atomic E-state index is 5.73. The highest BCUT2D eigenvalue weighted by molar-refractivity contribution is 7.22. The summed E-state index contributed by atoms with van der Waals surface area (Å²) >= 11 is 1.56. The van der Waals surface area contributed by atoms with Gasteiger partial charge < -0.3 is 5.73 Å². The van der Waals surface area contributed by atoms with Crippen LogP contribution in [-0.4, -0.2) is 22.5 Å². The van der Waals surface area contributed by atoms with Crippen LogP contribution < -0.4 is 5.73 Å². The number of nitrogens with two attached hydrogens (primary N) is 1. The van der Waals surface area contributed by atoms with Crippen LogP contribution in [-0.2, 0) is 6.54 Å². The Labute approximate surface area is 113 Å². The molecule has 1 aromatic heterocycles. The van der Waals surface area contributed by atoms with Crippen LogP contribution in [0.2, 0.25) is 0 Å². The van der Waals surface area contributed by atoms with Crippen molar-refractivity contribution in [2.75, 3.05) is 12.3 Å². The standard InChI is InChI=1S/C14H21N3S/c1-4-10(3)17(5-2)9-11-6-7-12-13(8-11)18-14(15)16-12/h6-8,10H,4-5,9H2,1-3H3,(H2,15,16). The molecular formula is C14H21N3S. The highest BCUT2D eigenvalue weighted by Crippen LogP contribution is 2.25. The summed E-state index contributed by atoms with van der Waals surface area (Å²) in [4.78, 5) is 6.78. The lowest BCUT2D eigenvalue weighted by atomic mass is 10.1. The Kier molecular flexibility index (Phi) is 4.19. The van der Waals surface area contributed by atoms with Gasteiger partial charge in [0.1, 0.15) is 0 Å². The quantitative estimate of drug-likeness (QED) is 0.897. The molecule has 0 amide bonds. The summed E-state index contributed by atoms with van der Waals surface area (Å²) < 4.78 is 1.19. The van der Waals surface area contributed by atoms with E-state index in [1.165, 1.54) is 16.7 Å². The van der Waals surface area contributed by atoms with Gasteiger partial charge >= 0.3 is 0 Å². The van der Waals surface area contributed by atoms with E-state index in [2.05, 4.69) is 48.9 Å². The average Bonchev–Trinajstić information content (AvgIpc) is 2.74. The van der Waals surface area contributed by atoms with Crippen LogP contribution in [0.25, 0.3) is 10.2 Å². The molecule has 0 radical (unpaired) electrons. The average molecular weight is 263 g/mol. The maximum atomic E-state index is 5.73. The van der Waals surface area contributed by atoms with Gasteiger partial charge in [0, 0.05) is 12.6 Å². The van der Waals surface area contributed by atoms with Crippen molar-refractivity contribution in [2.45, 2.75) is 39.8 Å². The molecule has 2 N–H and O–H groups in total. The van der Waals surface area contributed by atoms with E-state index < -0.39 is 0 Å². The molecule has 2 aromatic rings. The molecule has 0 aliphatic heterocycles. The van der Waals surface area contributed by atoms with Crippen molar-refractivity contribution < 1.29 is 0 Å². The van der Waals surface area contributed by atoms with Crippen LogP contribution in [0.5, 0.6) is 0 Å². The van der Waals surface area contributed by atoms with Gasteiger partial charge in [0.15, 0.2) is 5.13 Å². The molecule has 0 spiro atoms. The summed E-state index contributed by atoms with van der Waals surface area (Å²) in [7, 11) is 0. The van der Waals surface area contributed by atoms with Gasteiger partial charge in [-0.25, -0.2) is 4.98 Å². The van der Waals surface area contributed by atoms with Crippen LogP contribution in [0.3, 0.4) is 0 Å². The molecule has 0 saturated carbocycles. The Bertz CT molecular complexity index is 521. The van der Waals surface area contributed by atoms with E-state index in [1.807, 2.05) is 0 Å². The summed E-state index contributed by atoms with van der Waals surface area (Å²) in [5.74, 6) is 0. The normalized spacial score (nSPS) is 13.3. The highest BCUT2D eigenvalue weighted by atomic mass is 32.1. The Morgan fingerprint density at radius 1 is 1.39 bits per heavy atom. The SMILES string of the molecule is CCC(C)N(CC)Cc1ccc2nc(N)sc2c1. The minimum atomic E-state index is 0.622. The number of thiazole rings is 1. The number of fused-ring (bicyclic) bond motifs is 1. The Morgan fingerprint density at radius 3 is 2.83 bits per heavy atom. The largest absolute Gasteiger partial charge is 0.375 e. The van der Waals surface area contributed by atoms with E-state index in [9.17, 15) is 0 Å². The molecule has 0 aliphatic rings. The molecule has 98 valence electrons. The second-order valence-corrected chi connectivity index (χ2v) is 5.74. The van der Waals surface area contributed by atoms with Crippen molar-refractivity contribution in [1.29, 1.82) is 0 Å². The molecule has 1 aromatic carbocycles. The van der Waals surface area contributed by atoms with Crippen molar-refractivity contribution >= 4 is 26.7 Å². The van der Waals surface area contributed by atoms with E-state index in [0.29, 0.717) is 11.2 Å². The zero-order chi connectivity index (χ0) is 13.1. The maximum Gasteiger partial charge on any atom is 0.181 e. The number of nitrogen functional groups attached to an aromatic ring is 1. The predicted octanol–water partition coefficient (Wildman–Crippen LogP) is 3.50. The molecule has 4 heteroatoms.